The Morgan fingerprint density at radius 1 is 1.45 bits per heavy atom. The van der Waals surface area contributed by atoms with Gasteiger partial charge in [0.05, 0.1) is 10.7 Å². The van der Waals surface area contributed by atoms with E-state index in [1.165, 1.54) is 0 Å². The fourth-order valence-electron chi connectivity index (χ4n) is 2.71. The van der Waals surface area contributed by atoms with Gasteiger partial charge < -0.3 is 10.2 Å². The zero-order valence-electron chi connectivity index (χ0n) is 13.5. The highest BCUT2D eigenvalue weighted by molar-refractivity contribution is 6.34. The molecule has 1 atom stereocenters. The Hall–Kier alpha value is -1.14. The molecule has 0 bridgehead atoms. The summed E-state index contributed by atoms with van der Waals surface area (Å²) in [5.74, 6) is -0.00166. The summed E-state index contributed by atoms with van der Waals surface area (Å²) in [6.07, 6.45) is 1.58. The van der Waals surface area contributed by atoms with Crippen molar-refractivity contribution in [2.45, 2.75) is 32.7 Å². The second-order valence-corrected chi connectivity index (χ2v) is 6.46. The highest BCUT2D eigenvalue weighted by Crippen LogP contribution is 2.27. The molecule has 1 aliphatic heterocycles. The van der Waals surface area contributed by atoms with E-state index in [1.54, 1.807) is 0 Å². The Morgan fingerprint density at radius 2 is 2.23 bits per heavy atom. The molecule has 6 heteroatoms. The van der Waals surface area contributed by atoms with Crippen LogP contribution in [-0.4, -0.2) is 43.5 Å². The van der Waals surface area contributed by atoms with Crippen molar-refractivity contribution < 1.29 is 4.79 Å². The molecule has 0 aliphatic carbocycles. The minimum atomic E-state index is -0.00166. The largest absolute Gasteiger partial charge is 0.325 e. The van der Waals surface area contributed by atoms with Gasteiger partial charge in [-0.25, -0.2) is 0 Å². The van der Waals surface area contributed by atoms with Crippen molar-refractivity contribution >= 4 is 23.2 Å². The molecule has 1 aromatic carbocycles. The molecule has 1 amide bonds. The van der Waals surface area contributed by atoms with Crippen LogP contribution in [0.25, 0.3) is 0 Å². The summed E-state index contributed by atoms with van der Waals surface area (Å²) in [6.45, 7) is 6.62. The summed E-state index contributed by atoms with van der Waals surface area (Å²) < 4.78 is 0. The van der Waals surface area contributed by atoms with Crippen LogP contribution in [0.1, 0.15) is 24.0 Å². The average molecular weight is 325 g/mol. The predicted molar refractivity (Wildman–Crippen MR) is 91.2 cm³/mol. The SMILES string of the molecule is Cc1cc(C)c(NC(=O)CCN(C)CC2CCNN2)c(Cl)c1. The number of hydrogen-bond donors (Lipinski definition) is 3. The number of likely N-dealkylation sites (N-methyl/N-ethyl adjacent to an activating group) is 1. The van der Waals surface area contributed by atoms with Gasteiger partial charge in [0.1, 0.15) is 0 Å². The van der Waals surface area contributed by atoms with E-state index in [1.807, 2.05) is 33.0 Å². The number of carbonyl (C=O) groups is 1. The molecule has 1 aromatic rings. The van der Waals surface area contributed by atoms with Crippen LogP contribution in [0.15, 0.2) is 12.1 Å². The number of anilines is 1. The molecule has 0 saturated carbocycles. The quantitative estimate of drug-likeness (QED) is 0.750. The van der Waals surface area contributed by atoms with E-state index in [4.69, 9.17) is 11.6 Å². The zero-order chi connectivity index (χ0) is 16.1. The Kier molecular flexibility index (Phi) is 6.20. The third-order valence-corrected chi connectivity index (χ3v) is 4.17. The molecular weight excluding hydrogens is 300 g/mol. The molecule has 5 nitrogen and oxygen atoms in total. The summed E-state index contributed by atoms with van der Waals surface area (Å²) in [4.78, 5) is 14.3. The monoisotopic (exact) mass is 324 g/mol. The lowest BCUT2D eigenvalue weighted by molar-refractivity contribution is -0.116. The first kappa shape index (κ1) is 17.2. The zero-order valence-corrected chi connectivity index (χ0v) is 14.3. The van der Waals surface area contributed by atoms with Crippen LogP contribution in [0.3, 0.4) is 0 Å². The van der Waals surface area contributed by atoms with Gasteiger partial charge in [-0.15, -0.1) is 0 Å². The van der Waals surface area contributed by atoms with E-state index in [9.17, 15) is 4.79 Å². The topological polar surface area (TPSA) is 56.4 Å². The van der Waals surface area contributed by atoms with E-state index >= 15 is 0 Å². The molecule has 0 aromatic heterocycles. The molecule has 2 rings (SSSR count). The number of carbonyl (C=O) groups excluding carboxylic acids is 1. The van der Waals surface area contributed by atoms with Gasteiger partial charge in [-0.2, -0.15) is 0 Å². The number of amides is 1. The predicted octanol–water partition coefficient (Wildman–Crippen LogP) is 2.08. The van der Waals surface area contributed by atoms with Crippen molar-refractivity contribution in [1.82, 2.24) is 15.8 Å². The first-order chi connectivity index (χ1) is 10.5. The number of rotatable bonds is 6. The number of hydrazine groups is 1. The standard InChI is InChI=1S/C16H25ClN4O/c1-11-8-12(2)16(14(17)9-11)19-15(22)5-7-21(3)10-13-4-6-18-20-13/h8-9,13,18,20H,4-7,10H2,1-3H3,(H,19,22). The first-order valence-corrected chi connectivity index (χ1v) is 8.07. The lowest BCUT2D eigenvalue weighted by atomic mass is 10.1. The smallest absolute Gasteiger partial charge is 0.225 e. The van der Waals surface area contributed by atoms with Gasteiger partial charge in [0.15, 0.2) is 0 Å². The average Bonchev–Trinajstić information content (AvgIpc) is 2.93. The van der Waals surface area contributed by atoms with Crippen molar-refractivity contribution in [2.75, 3.05) is 32.0 Å². The van der Waals surface area contributed by atoms with Gasteiger partial charge >= 0.3 is 0 Å². The third kappa shape index (κ3) is 4.95. The van der Waals surface area contributed by atoms with Crippen LogP contribution in [0.2, 0.25) is 5.02 Å². The number of benzene rings is 1. The van der Waals surface area contributed by atoms with Crippen molar-refractivity contribution in [3.8, 4) is 0 Å². The molecule has 1 unspecified atom stereocenters. The van der Waals surface area contributed by atoms with Gasteiger partial charge in [-0.3, -0.25) is 15.6 Å². The molecule has 0 spiro atoms. The van der Waals surface area contributed by atoms with Gasteiger partial charge in [0.25, 0.3) is 0 Å². The van der Waals surface area contributed by atoms with Gasteiger partial charge in [-0.05, 0) is 44.5 Å². The molecule has 1 fully saturated rings. The maximum absolute atomic E-state index is 12.1. The number of nitrogens with one attached hydrogen (secondary N) is 3. The number of nitrogens with zero attached hydrogens (tertiary/aromatic N) is 1. The Bertz CT molecular complexity index is 506. The van der Waals surface area contributed by atoms with Gasteiger partial charge in [0, 0.05) is 32.1 Å². The fraction of sp³-hybridized carbons (Fsp3) is 0.562. The normalized spacial score (nSPS) is 18.0. The Morgan fingerprint density at radius 3 is 2.86 bits per heavy atom. The van der Waals surface area contributed by atoms with Gasteiger partial charge in [-0.1, -0.05) is 17.7 Å². The molecule has 1 heterocycles. The van der Waals surface area contributed by atoms with E-state index < -0.39 is 0 Å². The van der Waals surface area contributed by atoms with Crippen LogP contribution >= 0.6 is 11.6 Å². The van der Waals surface area contributed by atoms with Gasteiger partial charge in [0.2, 0.25) is 5.91 Å². The van der Waals surface area contributed by atoms with Crippen molar-refractivity contribution in [3.63, 3.8) is 0 Å². The van der Waals surface area contributed by atoms with E-state index in [2.05, 4.69) is 21.1 Å². The molecule has 1 saturated heterocycles. The Labute approximate surface area is 137 Å². The van der Waals surface area contributed by atoms with E-state index in [0.717, 1.165) is 42.9 Å². The van der Waals surface area contributed by atoms with Crippen LogP contribution in [-0.2, 0) is 4.79 Å². The molecule has 0 radical (unpaired) electrons. The molecule has 122 valence electrons. The van der Waals surface area contributed by atoms with Crippen molar-refractivity contribution in [2.24, 2.45) is 0 Å². The molecular formula is C16H25ClN4O. The van der Waals surface area contributed by atoms with E-state index in [0.29, 0.717) is 17.5 Å². The van der Waals surface area contributed by atoms with Crippen molar-refractivity contribution in [3.05, 3.63) is 28.3 Å². The second-order valence-electron chi connectivity index (χ2n) is 6.06. The molecule has 3 N–H and O–H groups in total. The van der Waals surface area contributed by atoms with E-state index in [-0.39, 0.29) is 5.91 Å². The minimum Gasteiger partial charge on any atom is -0.325 e. The minimum absolute atomic E-state index is 0.00166. The lowest BCUT2D eigenvalue weighted by Gasteiger charge is -2.20. The maximum atomic E-state index is 12.1. The van der Waals surface area contributed by atoms with Crippen molar-refractivity contribution in [1.29, 1.82) is 0 Å². The summed E-state index contributed by atoms with van der Waals surface area (Å²) in [6, 6.07) is 4.35. The highest BCUT2D eigenvalue weighted by Gasteiger charge is 2.16. The van der Waals surface area contributed by atoms with Crippen LogP contribution in [0.4, 0.5) is 5.69 Å². The molecule has 1 aliphatic rings. The Balaban J connectivity index is 1.80. The third-order valence-electron chi connectivity index (χ3n) is 3.87. The maximum Gasteiger partial charge on any atom is 0.225 e. The first-order valence-electron chi connectivity index (χ1n) is 7.69. The summed E-state index contributed by atoms with van der Waals surface area (Å²) >= 11 is 6.21. The fourth-order valence-corrected chi connectivity index (χ4v) is 3.08. The summed E-state index contributed by atoms with van der Waals surface area (Å²) in [5, 5.41) is 3.53. The second kappa shape index (κ2) is 7.92. The number of halogens is 1. The molecule has 22 heavy (non-hydrogen) atoms. The van der Waals surface area contributed by atoms with Crippen LogP contribution in [0, 0.1) is 13.8 Å². The van der Waals surface area contributed by atoms with Crippen LogP contribution in [0.5, 0.6) is 0 Å². The number of hydrogen-bond acceptors (Lipinski definition) is 4. The summed E-state index contributed by atoms with van der Waals surface area (Å²) in [5.41, 5.74) is 9.16. The number of aryl methyl sites for hydroxylation is 2. The highest BCUT2D eigenvalue weighted by atomic mass is 35.5. The summed E-state index contributed by atoms with van der Waals surface area (Å²) in [7, 11) is 2.04. The van der Waals surface area contributed by atoms with Crippen LogP contribution < -0.4 is 16.2 Å². The lowest BCUT2D eigenvalue weighted by Crippen LogP contribution is -2.39.